The van der Waals surface area contributed by atoms with Gasteiger partial charge in [-0.25, -0.2) is 4.98 Å². The molecule has 1 fully saturated rings. The highest BCUT2D eigenvalue weighted by atomic mass is 16.5. The number of aryl methyl sites for hydroxylation is 1. The Morgan fingerprint density at radius 3 is 2.54 bits per heavy atom. The lowest BCUT2D eigenvalue weighted by Gasteiger charge is -2.36. The van der Waals surface area contributed by atoms with E-state index in [9.17, 15) is 4.79 Å². The van der Waals surface area contributed by atoms with Crippen LogP contribution in [0.15, 0.2) is 55.0 Å². The first-order valence-corrected chi connectivity index (χ1v) is 9.34. The lowest BCUT2D eigenvalue weighted by molar-refractivity contribution is 0.0316. The molecule has 2 aromatic heterocycles. The van der Waals surface area contributed by atoms with Crippen LogP contribution in [0, 0.1) is 6.92 Å². The quantitative estimate of drug-likeness (QED) is 0.635. The maximum Gasteiger partial charge on any atom is 0.252 e. The van der Waals surface area contributed by atoms with Crippen molar-refractivity contribution >= 4 is 17.3 Å². The van der Waals surface area contributed by atoms with Crippen molar-refractivity contribution in [3.8, 4) is 0 Å². The number of anilines is 2. The molecule has 28 heavy (non-hydrogen) atoms. The molecule has 1 aromatic carbocycles. The molecule has 0 aliphatic carbocycles. The minimum absolute atomic E-state index is 0.121. The lowest BCUT2D eigenvalue weighted by Crippen LogP contribution is -2.50. The van der Waals surface area contributed by atoms with Crippen LogP contribution in [0.25, 0.3) is 0 Å². The van der Waals surface area contributed by atoms with E-state index in [4.69, 9.17) is 4.74 Å². The fraction of sp³-hybridized carbons (Fsp3) is 0.286. The maximum absolute atomic E-state index is 12.9. The minimum atomic E-state index is -0.532. The standard InChI is InChI=1S/C21H23N5O2/c1-15-13-23-20(24-15)21(8-11-28-12-9-21)26-19(27)16-4-6-17(7-5-16)25-18-3-2-10-22-14-18/h2-7,10,13-14,25H,8-9,11-12H2,1H3,(H,23,24)(H,26,27). The second-order valence-electron chi connectivity index (χ2n) is 7.01. The van der Waals surface area contributed by atoms with Gasteiger partial charge in [0.05, 0.1) is 11.9 Å². The van der Waals surface area contributed by atoms with Crippen LogP contribution in [-0.2, 0) is 10.3 Å². The molecule has 1 amide bonds. The highest BCUT2D eigenvalue weighted by Gasteiger charge is 2.38. The van der Waals surface area contributed by atoms with Gasteiger partial charge in [-0.3, -0.25) is 9.78 Å². The van der Waals surface area contributed by atoms with E-state index in [1.807, 2.05) is 43.3 Å². The van der Waals surface area contributed by atoms with Gasteiger partial charge in [0.1, 0.15) is 11.4 Å². The average molecular weight is 377 g/mol. The van der Waals surface area contributed by atoms with Gasteiger partial charge in [0.25, 0.3) is 5.91 Å². The zero-order valence-electron chi connectivity index (χ0n) is 15.7. The van der Waals surface area contributed by atoms with Gasteiger partial charge in [-0.2, -0.15) is 0 Å². The van der Waals surface area contributed by atoms with E-state index in [1.54, 1.807) is 18.6 Å². The number of pyridine rings is 1. The summed E-state index contributed by atoms with van der Waals surface area (Å²) in [4.78, 5) is 24.8. The molecule has 0 unspecified atom stereocenters. The Bertz CT molecular complexity index is 931. The van der Waals surface area contributed by atoms with E-state index < -0.39 is 5.54 Å². The summed E-state index contributed by atoms with van der Waals surface area (Å²) in [6.45, 7) is 3.14. The number of imidazole rings is 1. The number of hydrogen-bond acceptors (Lipinski definition) is 5. The van der Waals surface area contributed by atoms with Crippen LogP contribution in [0.5, 0.6) is 0 Å². The second-order valence-corrected chi connectivity index (χ2v) is 7.01. The van der Waals surface area contributed by atoms with Gasteiger partial charge in [0.15, 0.2) is 0 Å². The Balaban J connectivity index is 1.50. The van der Waals surface area contributed by atoms with Crippen molar-refractivity contribution in [2.75, 3.05) is 18.5 Å². The van der Waals surface area contributed by atoms with Crippen molar-refractivity contribution in [3.05, 3.63) is 72.1 Å². The van der Waals surface area contributed by atoms with Crippen LogP contribution in [0.4, 0.5) is 11.4 Å². The molecule has 3 N–H and O–H groups in total. The first kappa shape index (κ1) is 18.2. The molecule has 0 saturated carbocycles. The van der Waals surface area contributed by atoms with Gasteiger partial charge in [0, 0.05) is 55.4 Å². The first-order valence-electron chi connectivity index (χ1n) is 9.34. The number of amides is 1. The minimum Gasteiger partial charge on any atom is -0.381 e. The molecule has 7 nitrogen and oxygen atoms in total. The fourth-order valence-corrected chi connectivity index (χ4v) is 3.39. The molecular weight excluding hydrogens is 354 g/mol. The largest absolute Gasteiger partial charge is 0.381 e. The summed E-state index contributed by atoms with van der Waals surface area (Å²) in [6, 6.07) is 11.2. The van der Waals surface area contributed by atoms with Crippen LogP contribution in [0.2, 0.25) is 0 Å². The van der Waals surface area contributed by atoms with E-state index in [2.05, 4.69) is 25.6 Å². The Labute approximate surface area is 163 Å². The van der Waals surface area contributed by atoms with Crippen LogP contribution in [0.1, 0.15) is 34.7 Å². The van der Waals surface area contributed by atoms with Gasteiger partial charge in [-0.15, -0.1) is 0 Å². The van der Waals surface area contributed by atoms with E-state index in [0.29, 0.717) is 31.6 Å². The molecule has 4 rings (SSSR count). The van der Waals surface area contributed by atoms with Crippen molar-refractivity contribution in [2.45, 2.75) is 25.3 Å². The number of rotatable bonds is 5. The fourth-order valence-electron chi connectivity index (χ4n) is 3.39. The molecule has 1 aliphatic heterocycles. The summed E-state index contributed by atoms with van der Waals surface area (Å²) in [7, 11) is 0. The highest BCUT2D eigenvalue weighted by molar-refractivity contribution is 5.95. The van der Waals surface area contributed by atoms with E-state index in [0.717, 1.165) is 22.9 Å². The third-order valence-electron chi connectivity index (χ3n) is 4.95. The average Bonchev–Trinajstić information content (AvgIpc) is 3.17. The zero-order chi connectivity index (χ0) is 19.4. The van der Waals surface area contributed by atoms with Crippen molar-refractivity contribution < 1.29 is 9.53 Å². The molecule has 144 valence electrons. The third-order valence-corrected chi connectivity index (χ3v) is 4.95. The van der Waals surface area contributed by atoms with Gasteiger partial charge in [-0.1, -0.05) is 0 Å². The number of carbonyl (C=O) groups is 1. The predicted molar refractivity (Wildman–Crippen MR) is 106 cm³/mol. The van der Waals surface area contributed by atoms with E-state index in [1.165, 1.54) is 0 Å². The number of H-pyrrole nitrogens is 1. The first-order chi connectivity index (χ1) is 13.6. The molecule has 3 heterocycles. The number of hydrogen-bond donors (Lipinski definition) is 3. The topological polar surface area (TPSA) is 91.9 Å². The summed E-state index contributed by atoms with van der Waals surface area (Å²) < 4.78 is 5.51. The Morgan fingerprint density at radius 2 is 1.89 bits per heavy atom. The number of nitrogens with one attached hydrogen (secondary N) is 3. The van der Waals surface area contributed by atoms with Gasteiger partial charge < -0.3 is 20.4 Å². The summed E-state index contributed by atoms with van der Waals surface area (Å²) in [6.07, 6.45) is 6.64. The molecule has 0 bridgehead atoms. The normalized spacial score (nSPS) is 15.8. The Hall–Kier alpha value is -3.19. The third kappa shape index (κ3) is 3.89. The summed E-state index contributed by atoms with van der Waals surface area (Å²) in [5.74, 6) is 0.667. The Morgan fingerprint density at radius 1 is 1.11 bits per heavy atom. The molecule has 0 spiro atoms. The van der Waals surface area contributed by atoms with Crippen molar-refractivity contribution in [3.63, 3.8) is 0 Å². The smallest absolute Gasteiger partial charge is 0.252 e. The summed E-state index contributed by atoms with van der Waals surface area (Å²) >= 11 is 0. The van der Waals surface area contributed by atoms with Crippen LogP contribution >= 0.6 is 0 Å². The zero-order valence-corrected chi connectivity index (χ0v) is 15.7. The molecule has 1 saturated heterocycles. The predicted octanol–water partition coefficient (Wildman–Crippen LogP) is 3.29. The number of aromatic amines is 1. The molecule has 0 radical (unpaired) electrons. The maximum atomic E-state index is 12.9. The monoisotopic (exact) mass is 377 g/mol. The van der Waals surface area contributed by atoms with Crippen LogP contribution in [0.3, 0.4) is 0 Å². The van der Waals surface area contributed by atoms with E-state index >= 15 is 0 Å². The number of benzene rings is 1. The second kappa shape index (κ2) is 7.82. The Kier molecular flexibility index (Phi) is 5.08. The van der Waals surface area contributed by atoms with Crippen molar-refractivity contribution in [2.24, 2.45) is 0 Å². The van der Waals surface area contributed by atoms with Gasteiger partial charge >= 0.3 is 0 Å². The van der Waals surface area contributed by atoms with Crippen LogP contribution < -0.4 is 10.6 Å². The number of carbonyl (C=O) groups excluding carboxylic acids is 1. The van der Waals surface area contributed by atoms with Gasteiger partial charge in [-0.05, 0) is 43.3 Å². The lowest BCUT2D eigenvalue weighted by atomic mass is 9.88. The summed E-state index contributed by atoms with van der Waals surface area (Å²) in [5, 5.41) is 6.47. The molecular formula is C21H23N5O2. The number of aromatic nitrogens is 3. The number of ether oxygens (including phenoxy) is 1. The van der Waals surface area contributed by atoms with Gasteiger partial charge in [0.2, 0.25) is 0 Å². The molecule has 1 aliphatic rings. The van der Waals surface area contributed by atoms with E-state index in [-0.39, 0.29) is 5.91 Å². The SMILES string of the molecule is Cc1cnc(C2(NC(=O)c3ccc(Nc4cccnc4)cc3)CCOCC2)[nH]1. The van der Waals surface area contributed by atoms with Crippen LogP contribution in [-0.4, -0.2) is 34.1 Å². The number of nitrogens with zero attached hydrogens (tertiary/aromatic N) is 2. The molecule has 3 aromatic rings. The summed E-state index contributed by atoms with van der Waals surface area (Å²) in [5.41, 5.74) is 2.84. The molecule has 7 heteroatoms. The van der Waals surface area contributed by atoms with Crippen molar-refractivity contribution in [1.29, 1.82) is 0 Å². The highest BCUT2D eigenvalue weighted by Crippen LogP contribution is 2.30. The molecule has 0 atom stereocenters. The van der Waals surface area contributed by atoms with Crippen molar-refractivity contribution in [1.82, 2.24) is 20.3 Å².